The molecule has 0 fully saturated rings. The largest absolute Gasteiger partial charge is 0.399 e. The molecule has 5 heteroatoms. The van der Waals surface area contributed by atoms with E-state index in [0.29, 0.717) is 11.3 Å². The molecule has 84 valence electrons. The summed E-state index contributed by atoms with van der Waals surface area (Å²) < 4.78 is 23.2. The molecule has 0 saturated carbocycles. The zero-order valence-corrected chi connectivity index (χ0v) is 9.37. The van der Waals surface area contributed by atoms with Crippen LogP contribution in [0.3, 0.4) is 0 Å². The van der Waals surface area contributed by atoms with Gasteiger partial charge in [0.2, 0.25) is 0 Å². The van der Waals surface area contributed by atoms with Crippen LogP contribution in [0.1, 0.15) is 17.7 Å². The minimum Gasteiger partial charge on any atom is -0.399 e. The molecular formula is C10H15NO3S. The predicted octanol–water partition coefficient (Wildman–Crippen LogP) is 0.737. The van der Waals surface area contributed by atoms with Gasteiger partial charge in [0.1, 0.15) is 0 Å². The molecule has 0 radical (unpaired) electrons. The lowest BCUT2D eigenvalue weighted by Gasteiger charge is -2.12. The molecule has 0 saturated heterocycles. The minimum atomic E-state index is -3.27. The molecule has 0 spiro atoms. The van der Waals surface area contributed by atoms with Crippen LogP contribution in [-0.4, -0.2) is 25.9 Å². The average molecular weight is 229 g/mol. The second kappa shape index (κ2) is 4.63. The van der Waals surface area contributed by atoms with Gasteiger partial charge in [-0.05, 0) is 24.6 Å². The molecule has 0 aromatic heterocycles. The summed E-state index contributed by atoms with van der Waals surface area (Å²) in [6.07, 6.45) is 0. The number of nitrogens with two attached hydrogens (primary N) is 1. The van der Waals surface area contributed by atoms with Crippen LogP contribution >= 0.6 is 0 Å². The number of hydrogen-bond acceptors (Lipinski definition) is 4. The van der Waals surface area contributed by atoms with Gasteiger partial charge in [-0.15, -0.1) is 0 Å². The Labute approximate surface area is 89.7 Å². The smallest absolute Gasteiger partial charge is 0.159 e. The summed E-state index contributed by atoms with van der Waals surface area (Å²) in [4.78, 5) is 0. The van der Waals surface area contributed by atoms with Gasteiger partial charge in [0, 0.05) is 5.69 Å². The Bertz CT molecular complexity index is 411. The Morgan fingerprint density at radius 3 is 2.33 bits per heavy atom. The maximum Gasteiger partial charge on any atom is 0.159 e. The highest BCUT2D eigenvalue weighted by molar-refractivity contribution is 7.91. The van der Waals surface area contributed by atoms with E-state index in [2.05, 4.69) is 0 Å². The lowest BCUT2D eigenvalue weighted by molar-refractivity contribution is 0.319. The molecule has 4 nitrogen and oxygen atoms in total. The number of hydrogen-bond donors (Lipinski definition) is 2. The molecule has 1 aromatic carbocycles. The number of anilines is 1. The first-order valence-electron chi connectivity index (χ1n) is 4.65. The van der Waals surface area contributed by atoms with Crippen LogP contribution in [0.15, 0.2) is 24.3 Å². The van der Waals surface area contributed by atoms with Crippen LogP contribution in [0.4, 0.5) is 5.69 Å². The van der Waals surface area contributed by atoms with Crippen LogP contribution in [-0.2, 0) is 9.84 Å². The van der Waals surface area contributed by atoms with Crippen molar-refractivity contribution in [3.8, 4) is 0 Å². The van der Waals surface area contributed by atoms with Gasteiger partial charge in [-0.3, -0.25) is 0 Å². The maximum atomic E-state index is 11.6. The van der Waals surface area contributed by atoms with E-state index in [0.717, 1.165) is 0 Å². The number of aliphatic hydroxyl groups is 1. The number of aliphatic hydroxyl groups excluding tert-OH is 1. The molecule has 0 bridgehead atoms. The molecular weight excluding hydrogens is 214 g/mol. The SMILES string of the molecule is CC(c1ccc(N)cc1)S(=O)(=O)CCO. The van der Waals surface area contributed by atoms with E-state index in [1.165, 1.54) is 0 Å². The number of benzene rings is 1. The van der Waals surface area contributed by atoms with E-state index in [1.807, 2.05) is 0 Å². The van der Waals surface area contributed by atoms with Crippen LogP contribution in [0, 0.1) is 0 Å². The number of sulfone groups is 1. The van der Waals surface area contributed by atoms with Crippen LogP contribution in [0.2, 0.25) is 0 Å². The van der Waals surface area contributed by atoms with Gasteiger partial charge in [0.05, 0.1) is 17.6 Å². The van der Waals surface area contributed by atoms with Gasteiger partial charge in [0.25, 0.3) is 0 Å². The monoisotopic (exact) mass is 229 g/mol. The third kappa shape index (κ3) is 2.94. The van der Waals surface area contributed by atoms with Crippen LogP contribution in [0.5, 0.6) is 0 Å². The van der Waals surface area contributed by atoms with E-state index >= 15 is 0 Å². The molecule has 0 aliphatic rings. The van der Waals surface area contributed by atoms with Crippen LogP contribution in [0.25, 0.3) is 0 Å². The topological polar surface area (TPSA) is 80.4 Å². The zero-order chi connectivity index (χ0) is 11.5. The third-order valence-electron chi connectivity index (χ3n) is 2.32. The fourth-order valence-corrected chi connectivity index (χ4v) is 2.46. The Balaban J connectivity index is 2.94. The molecule has 0 aliphatic heterocycles. The van der Waals surface area contributed by atoms with Gasteiger partial charge < -0.3 is 10.8 Å². The highest BCUT2D eigenvalue weighted by Crippen LogP contribution is 2.22. The van der Waals surface area contributed by atoms with Crippen molar-refractivity contribution in [2.45, 2.75) is 12.2 Å². The fourth-order valence-electron chi connectivity index (χ4n) is 1.28. The molecule has 0 aliphatic carbocycles. The summed E-state index contributed by atoms with van der Waals surface area (Å²) in [5.41, 5.74) is 6.80. The van der Waals surface area contributed by atoms with Crippen molar-refractivity contribution in [3.63, 3.8) is 0 Å². The van der Waals surface area contributed by atoms with Crippen molar-refractivity contribution in [1.29, 1.82) is 0 Å². The lowest BCUT2D eigenvalue weighted by Crippen LogP contribution is -2.16. The normalized spacial score (nSPS) is 13.7. The molecule has 1 atom stereocenters. The van der Waals surface area contributed by atoms with E-state index in [9.17, 15) is 8.42 Å². The van der Waals surface area contributed by atoms with Crippen molar-refractivity contribution < 1.29 is 13.5 Å². The molecule has 15 heavy (non-hydrogen) atoms. The summed E-state index contributed by atoms with van der Waals surface area (Å²) in [6, 6.07) is 6.71. The van der Waals surface area contributed by atoms with Crippen molar-refractivity contribution in [3.05, 3.63) is 29.8 Å². The van der Waals surface area contributed by atoms with Crippen molar-refractivity contribution >= 4 is 15.5 Å². The first-order valence-corrected chi connectivity index (χ1v) is 6.37. The van der Waals surface area contributed by atoms with Gasteiger partial charge in [-0.2, -0.15) is 0 Å². The summed E-state index contributed by atoms with van der Waals surface area (Å²) in [7, 11) is -3.27. The predicted molar refractivity (Wildman–Crippen MR) is 60.1 cm³/mol. The first-order chi connectivity index (χ1) is 6.97. The van der Waals surface area contributed by atoms with Crippen molar-refractivity contribution in [2.75, 3.05) is 18.1 Å². The van der Waals surface area contributed by atoms with Gasteiger partial charge >= 0.3 is 0 Å². The molecule has 1 rings (SSSR count). The van der Waals surface area contributed by atoms with E-state index in [1.54, 1.807) is 31.2 Å². The fraction of sp³-hybridized carbons (Fsp3) is 0.400. The summed E-state index contributed by atoms with van der Waals surface area (Å²) in [5, 5.41) is 8.04. The third-order valence-corrected chi connectivity index (χ3v) is 4.42. The van der Waals surface area contributed by atoms with Gasteiger partial charge in [-0.25, -0.2) is 8.42 Å². The summed E-state index contributed by atoms with van der Waals surface area (Å²) in [5.74, 6) is -0.210. The standard InChI is InChI=1S/C10H15NO3S/c1-8(15(13,14)7-6-12)9-2-4-10(11)5-3-9/h2-5,8,12H,6-7,11H2,1H3. The highest BCUT2D eigenvalue weighted by atomic mass is 32.2. The molecule has 1 aromatic rings. The summed E-state index contributed by atoms with van der Waals surface area (Å²) in [6.45, 7) is 1.26. The number of nitrogen functional groups attached to an aromatic ring is 1. The second-order valence-electron chi connectivity index (χ2n) is 3.40. The van der Waals surface area contributed by atoms with Crippen molar-refractivity contribution in [2.24, 2.45) is 0 Å². The van der Waals surface area contributed by atoms with Crippen LogP contribution < -0.4 is 5.73 Å². The Kier molecular flexibility index (Phi) is 3.71. The van der Waals surface area contributed by atoms with Gasteiger partial charge in [-0.1, -0.05) is 12.1 Å². The summed E-state index contributed by atoms with van der Waals surface area (Å²) >= 11 is 0. The van der Waals surface area contributed by atoms with E-state index in [-0.39, 0.29) is 12.4 Å². The maximum absolute atomic E-state index is 11.6. The minimum absolute atomic E-state index is 0.210. The van der Waals surface area contributed by atoms with E-state index in [4.69, 9.17) is 10.8 Å². The lowest BCUT2D eigenvalue weighted by atomic mass is 10.1. The van der Waals surface area contributed by atoms with Crippen molar-refractivity contribution in [1.82, 2.24) is 0 Å². The molecule has 0 amide bonds. The second-order valence-corrected chi connectivity index (χ2v) is 5.84. The van der Waals surface area contributed by atoms with Gasteiger partial charge in [0.15, 0.2) is 9.84 Å². The quantitative estimate of drug-likeness (QED) is 0.746. The molecule has 3 N–H and O–H groups in total. The first kappa shape index (κ1) is 12.0. The average Bonchev–Trinajstić information content (AvgIpc) is 2.18. The highest BCUT2D eigenvalue weighted by Gasteiger charge is 2.21. The Morgan fingerprint density at radius 2 is 1.87 bits per heavy atom. The number of rotatable bonds is 4. The van der Waals surface area contributed by atoms with E-state index < -0.39 is 15.1 Å². The zero-order valence-electron chi connectivity index (χ0n) is 8.55. The Morgan fingerprint density at radius 1 is 1.33 bits per heavy atom. The molecule has 0 heterocycles. The molecule has 1 unspecified atom stereocenters. The Hall–Kier alpha value is -1.07.